The Labute approximate surface area is 160 Å². The molecule has 0 radical (unpaired) electrons. The zero-order chi connectivity index (χ0) is 19.1. The summed E-state index contributed by atoms with van der Waals surface area (Å²) in [7, 11) is 3.49. The number of para-hydroxylation sites is 2. The molecule has 0 spiro atoms. The molecule has 0 bridgehead atoms. The van der Waals surface area contributed by atoms with Gasteiger partial charge >= 0.3 is 0 Å². The minimum Gasteiger partial charge on any atom is -0.496 e. The molecular weight excluding hydrogens is 338 g/mol. The van der Waals surface area contributed by atoms with E-state index in [0.717, 1.165) is 60.1 Å². The number of fused-ring (bicyclic) bond motifs is 1. The molecule has 0 amide bonds. The van der Waals surface area contributed by atoms with Gasteiger partial charge in [0.1, 0.15) is 11.6 Å². The van der Waals surface area contributed by atoms with Crippen LogP contribution in [-0.4, -0.2) is 43.2 Å². The van der Waals surface area contributed by atoms with Crippen LogP contribution in [0.25, 0.3) is 11.0 Å². The van der Waals surface area contributed by atoms with Gasteiger partial charge in [-0.2, -0.15) is 0 Å². The van der Waals surface area contributed by atoms with E-state index in [1.165, 1.54) is 5.56 Å². The molecule has 0 unspecified atom stereocenters. The van der Waals surface area contributed by atoms with Gasteiger partial charge in [-0.25, -0.2) is 4.98 Å². The van der Waals surface area contributed by atoms with Crippen molar-refractivity contribution < 1.29 is 4.74 Å². The molecule has 1 aromatic heterocycles. The van der Waals surface area contributed by atoms with Crippen molar-refractivity contribution in [2.45, 2.75) is 19.8 Å². The average Bonchev–Trinajstić information content (AvgIpc) is 3.10. The molecule has 0 saturated heterocycles. The topological polar surface area (TPSA) is 74.3 Å². The predicted molar refractivity (Wildman–Crippen MR) is 111 cm³/mol. The van der Waals surface area contributed by atoms with Gasteiger partial charge in [0.25, 0.3) is 0 Å². The maximum absolute atomic E-state index is 5.39. The van der Waals surface area contributed by atoms with E-state index >= 15 is 0 Å². The van der Waals surface area contributed by atoms with E-state index in [9.17, 15) is 0 Å². The summed E-state index contributed by atoms with van der Waals surface area (Å²) in [5, 5.41) is 6.68. The Balaban J connectivity index is 1.44. The normalized spacial score (nSPS) is 11.6. The smallest absolute Gasteiger partial charge is 0.191 e. The van der Waals surface area contributed by atoms with E-state index in [1.54, 1.807) is 14.2 Å². The van der Waals surface area contributed by atoms with Gasteiger partial charge in [0.05, 0.1) is 18.1 Å². The standard InChI is InChI=1S/C21H27N5O/c1-15-8-9-16(14-19(15)27-3)10-12-23-21(22-2)24-13-11-20-25-17-6-4-5-7-18(17)26-20/h4-9,14H,10-13H2,1-3H3,(H,25,26)(H2,22,23,24). The lowest BCUT2D eigenvalue weighted by Gasteiger charge is -2.12. The van der Waals surface area contributed by atoms with Crippen molar-refractivity contribution >= 4 is 17.0 Å². The molecule has 3 aromatic rings. The van der Waals surface area contributed by atoms with Crippen molar-refractivity contribution in [2.24, 2.45) is 4.99 Å². The van der Waals surface area contributed by atoms with Crippen LogP contribution in [-0.2, 0) is 12.8 Å². The first kappa shape index (κ1) is 18.8. The molecule has 142 valence electrons. The second kappa shape index (κ2) is 9.07. The van der Waals surface area contributed by atoms with E-state index in [0.29, 0.717) is 0 Å². The molecule has 6 heteroatoms. The lowest BCUT2D eigenvalue weighted by Crippen LogP contribution is -2.39. The first-order chi connectivity index (χ1) is 13.2. The molecule has 0 aliphatic heterocycles. The first-order valence-corrected chi connectivity index (χ1v) is 9.21. The molecule has 0 aliphatic rings. The molecule has 3 rings (SSSR count). The van der Waals surface area contributed by atoms with Crippen LogP contribution in [0.5, 0.6) is 5.75 Å². The fourth-order valence-corrected chi connectivity index (χ4v) is 2.99. The largest absolute Gasteiger partial charge is 0.496 e. The van der Waals surface area contributed by atoms with Gasteiger partial charge in [0, 0.05) is 26.6 Å². The number of nitrogens with one attached hydrogen (secondary N) is 3. The van der Waals surface area contributed by atoms with E-state index < -0.39 is 0 Å². The first-order valence-electron chi connectivity index (χ1n) is 9.21. The molecule has 0 saturated carbocycles. The summed E-state index contributed by atoms with van der Waals surface area (Å²) in [4.78, 5) is 12.2. The number of methoxy groups -OCH3 is 1. The molecule has 0 atom stereocenters. The second-order valence-electron chi connectivity index (χ2n) is 6.43. The number of hydrogen-bond donors (Lipinski definition) is 3. The van der Waals surface area contributed by atoms with Crippen molar-refractivity contribution in [1.29, 1.82) is 0 Å². The Morgan fingerprint density at radius 3 is 2.63 bits per heavy atom. The number of benzene rings is 2. The minimum atomic E-state index is 0.762. The van der Waals surface area contributed by atoms with Gasteiger partial charge in [0.2, 0.25) is 0 Å². The molecule has 0 fully saturated rings. The number of rotatable bonds is 7. The number of aryl methyl sites for hydroxylation is 1. The quantitative estimate of drug-likeness (QED) is 0.445. The van der Waals surface area contributed by atoms with Gasteiger partial charge < -0.3 is 20.4 Å². The van der Waals surface area contributed by atoms with E-state index in [4.69, 9.17) is 4.74 Å². The maximum atomic E-state index is 5.39. The van der Waals surface area contributed by atoms with Crippen molar-refractivity contribution in [2.75, 3.05) is 27.2 Å². The highest BCUT2D eigenvalue weighted by Crippen LogP contribution is 2.19. The zero-order valence-electron chi connectivity index (χ0n) is 16.2. The van der Waals surface area contributed by atoms with Crippen molar-refractivity contribution in [3.8, 4) is 5.75 Å². The fraction of sp³-hybridized carbons (Fsp3) is 0.333. The number of hydrogen-bond acceptors (Lipinski definition) is 3. The molecule has 0 aliphatic carbocycles. The van der Waals surface area contributed by atoms with Crippen LogP contribution < -0.4 is 15.4 Å². The number of aliphatic imine (C=N–C) groups is 1. The lowest BCUT2D eigenvalue weighted by molar-refractivity contribution is 0.411. The van der Waals surface area contributed by atoms with Crippen molar-refractivity contribution in [3.63, 3.8) is 0 Å². The van der Waals surface area contributed by atoms with Gasteiger partial charge in [-0.1, -0.05) is 24.3 Å². The summed E-state index contributed by atoms with van der Waals surface area (Å²) in [6, 6.07) is 14.4. The van der Waals surface area contributed by atoms with Crippen LogP contribution >= 0.6 is 0 Å². The molecule has 1 heterocycles. The Kier molecular flexibility index (Phi) is 6.30. The fourth-order valence-electron chi connectivity index (χ4n) is 2.99. The number of ether oxygens (including phenoxy) is 1. The van der Waals surface area contributed by atoms with Gasteiger partial charge in [-0.15, -0.1) is 0 Å². The molecule has 6 nitrogen and oxygen atoms in total. The molecule has 2 aromatic carbocycles. The Bertz CT molecular complexity index is 883. The van der Waals surface area contributed by atoms with Crippen molar-refractivity contribution in [1.82, 2.24) is 20.6 Å². The highest BCUT2D eigenvalue weighted by atomic mass is 16.5. The highest BCUT2D eigenvalue weighted by Gasteiger charge is 2.04. The number of guanidine groups is 1. The third-order valence-electron chi connectivity index (χ3n) is 4.49. The molecule has 27 heavy (non-hydrogen) atoms. The molecule has 3 N–H and O–H groups in total. The summed E-state index contributed by atoms with van der Waals surface area (Å²) in [6.45, 7) is 3.61. The van der Waals surface area contributed by atoms with Gasteiger partial charge in [0.15, 0.2) is 5.96 Å². The van der Waals surface area contributed by atoms with Crippen LogP contribution in [0.3, 0.4) is 0 Å². The van der Waals surface area contributed by atoms with Crippen LogP contribution in [0.15, 0.2) is 47.5 Å². The summed E-state index contributed by atoms with van der Waals surface area (Å²) < 4.78 is 5.39. The monoisotopic (exact) mass is 365 g/mol. The number of aromatic amines is 1. The highest BCUT2D eigenvalue weighted by molar-refractivity contribution is 5.79. The molecular formula is C21H27N5O. The van der Waals surface area contributed by atoms with Gasteiger partial charge in [-0.05, 0) is 42.7 Å². The Morgan fingerprint density at radius 2 is 1.89 bits per heavy atom. The van der Waals surface area contributed by atoms with Crippen LogP contribution in [0.4, 0.5) is 0 Å². The summed E-state index contributed by atoms with van der Waals surface area (Å²) in [6.07, 6.45) is 1.71. The maximum Gasteiger partial charge on any atom is 0.191 e. The SMILES string of the molecule is CN=C(NCCc1ccc(C)c(OC)c1)NCCc1nc2ccccc2[nH]1. The van der Waals surface area contributed by atoms with E-state index in [2.05, 4.69) is 50.7 Å². The third kappa shape index (κ3) is 5.00. The number of H-pyrrole nitrogens is 1. The van der Waals surface area contributed by atoms with E-state index in [-0.39, 0.29) is 0 Å². The number of nitrogens with zero attached hydrogens (tertiary/aromatic N) is 2. The van der Waals surface area contributed by atoms with Crippen LogP contribution in [0, 0.1) is 6.92 Å². The lowest BCUT2D eigenvalue weighted by atomic mass is 10.1. The predicted octanol–water partition coefficient (Wildman–Crippen LogP) is 2.83. The summed E-state index contributed by atoms with van der Waals surface area (Å²) in [5.74, 6) is 2.71. The summed E-state index contributed by atoms with van der Waals surface area (Å²) in [5.41, 5.74) is 4.46. The van der Waals surface area contributed by atoms with Gasteiger partial charge in [-0.3, -0.25) is 4.99 Å². The van der Waals surface area contributed by atoms with E-state index in [1.807, 2.05) is 24.3 Å². The zero-order valence-corrected chi connectivity index (χ0v) is 16.2. The average molecular weight is 365 g/mol. The Hall–Kier alpha value is -3.02. The number of imidazole rings is 1. The number of aromatic nitrogens is 2. The third-order valence-corrected chi connectivity index (χ3v) is 4.49. The summed E-state index contributed by atoms with van der Waals surface area (Å²) >= 11 is 0. The van der Waals surface area contributed by atoms with Crippen LogP contribution in [0.1, 0.15) is 17.0 Å². The Morgan fingerprint density at radius 1 is 1.11 bits per heavy atom. The van der Waals surface area contributed by atoms with Crippen molar-refractivity contribution in [3.05, 3.63) is 59.4 Å². The minimum absolute atomic E-state index is 0.762. The van der Waals surface area contributed by atoms with Crippen LogP contribution in [0.2, 0.25) is 0 Å². The second-order valence-corrected chi connectivity index (χ2v) is 6.43.